The molecule has 0 fully saturated rings. The molecule has 3 heterocycles. The maximum Gasteiger partial charge on any atom is 0.347 e. The van der Waals surface area contributed by atoms with Gasteiger partial charge in [0.1, 0.15) is 46.1 Å². The van der Waals surface area contributed by atoms with E-state index in [4.69, 9.17) is 27.8 Å². The van der Waals surface area contributed by atoms with E-state index in [9.17, 15) is 9.59 Å². The van der Waals surface area contributed by atoms with E-state index in [1.807, 2.05) is 0 Å². The van der Waals surface area contributed by atoms with Crippen molar-refractivity contribution in [2.75, 3.05) is 21.3 Å². The Labute approximate surface area is 239 Å². The molecule has 1 amide bonds. The van der Waals surface area contributed by atoms with Crippen LogP contribution in [0.5, 0.6) is 28.9 Å². The molecule has 0 bridgehead atoms. The van der Waals surface area contributed by atoms with Crippen LogP contribution in [0.4, 0.5) is 0 Å². The summed E-state index contributed by atoms with van der Waals surface area (Å²) in [5, 5.41) is 4.41. The van der Waals surface area contributed by atoms with Gasteiger partial charge in [0.05, 0.1) is 30.7 Å². The van der Waals surface area contributed by atoms with E-state index in [1.165, 1.54) is 6.33 Å². The van der Waals surface area contributed by atoms with E-state index >= 15 is 0 Å². The summed E-state index contributed by atoms with van der Waals surface area (Å²) in [4.78, 5) is 34.1. The van der Waals surface area contributed by atoms with Crippen LogP contribution < -0.4 is 24.3 Å². The second-order valence-electron chi connectivity index (χ2n) is 9.36. The molecule has 0 atom stereocenters. The molecular weight excluding hydrogens is 542 g/mol. The molecule has 0 unspecified atom stereocenters. The highest BCUT2D eigenvalue weighted by atomic mass is 16.5. The summed E-state index contributed by atoms with van der Waals surface area (Å²) in [6.07, 6.45) is 1.40. The lowest BCUT2D eigenvalue weighted by Crippen LogP contribution is -2.18. The van der Waals surface area contributed by atoms with E-state index < -0.39 is 5.97 Å². The van der Waals surface area contributed by atoms with E-state index in [2.05, 4.69) is 15.3 Å². The molecule has 0 spiro atoms. The lowest BCUT2D eigenvalue weighted by atomic mass is 10.1. The van der Waals surface area contributed by atoms with Gasteiger partial charge in [-0.2, -0.15) is 0 Å². The Morgan fingerprint density at radius 1 is 0.762 bits per heavy atom. The zero-order valence-corrected chi connectivity index (χ0v) is 23.4. The minimum absolute atomic E-state index is 0.257. The fourth-order valence-corrected chi connectivity index (χ4v) is 4.90. The van der Waals surface area contributed by atoms with Crippen molar-refractivity contribution in [2.24, 2.45) is 0 Å². The van der Waals surface area contributed by atoms with Crippen molar-refractivity contribution < 1.29 is 37.4 Å². The molecule has 3 aromatic heterocycles. The Bertz CT molecular complexity index is 2020. The van der Waals surface area contributed by atoms with Crippen molar-refractivity contribution in [3.8, 4) is 28.9 Å². The lowest BCUT2D eigenvalue weighted by molar-refractivity contribution is 0.0734. The SMILES string of the molecule is CNC(=O)c1c(C)oc2cc(OC(=O)c3c(C)oc4cc(Oc5ncnc6cc(OC)c(OC)cc56)ccc34)ccc12. The highest BCUT2D eigenvalue weighted by Crippen LogP contribution is 2.37. The van der Waals surface area contributed by atoms with Gasteiger partial charge in [-0.25, -0.2) is 14.8 Å². The number of hydrogen-bond acceptors (Lipinski definition) is 10. The van der Waals surface area contributed by atoms with Gasteiger partial charge in [-0.3, -0.25) is 4.79 Å². The van der Waals surface area contributed by atoms with Crippen LogP contribution in [0.25, 0.3) is 32.8 Å². The van der Waals surface area contributed by atoms with Crippen LogP contribution in [0.15, 0.2) is 63.7 Å². The van der Waals surface area contributed by atoms with Crippen LogP contribution in [0.2, 0.25) is 0 Å². The molecule has 0 aliphatic heterocycles. The predicted molar refractivity (Wildman–Crippen MR) is 153 cm³/mol. The second-order valence-corrected chi connectivity index (χ2v) is 9.36. The highest BCUT2D eigenvalue weighted by Gasteiger charge is 2.23. The predicted octanol–water partition coefficient (Wildman–Crippen LogP) is 6.13. The van der Waals surface area contributed by atoms with Crippen molar-refractivity contribution in [2.45, 2.75) is 13.8 Å². The number of esters is 1. The third kappa shape index (κ3) is 4.50. The largest absolute Gasteiger partial charge is 0.493 e. The summed E-state index contributed by atoms with van der Waals surface area (Å²) in [5.41, 5.74) is 2.20. The summed E-state index contributed by atoms with van der Waals surface area (Å²) in [6, 6.07) is 13.5. The molecule has 42 heavy (non-hydrogen) atoms. The molecule has 1 N–H and O–H groups in total. The third-order valence-corrected chi connectivity index (χ3v) is 6.86. The summed E-state index contributed by atoms with van der Waals surface area (Å²) >= 11 is 0. The summed E-state index contributed by atoms with van der Waals surface area (Å²) in [7, 11) is 4.65. The van der Waals surface area contributed by atoms with Gasteiger partial charge in [-0.1, -0.05) is 0 Å². The molecule has 3 aromatic carbocycles. The number of rotatable bonds is 7. The number of aromatic nitrogens is 2. The summed E-state index contributed by atoms with van der Waals surface area (Å²) in [5.74, 6) is 2.06. The van der Waals surface area contributed by atoms with Gasteiger partial charge in [0.25, 0.3) is 5.91 Å². The monoisotopic (exact) mass is 567 g/mol. The standard InChI is InChI=1S/C31H25N3O8/c1-15-27(29(35)32-3)19-8-7-18(11-23(19)39-15)42-31(36)28-16(2)40-24-10-17(6-9-20(24)28)41-30-21-12-25(37-4)26(38-5)13-22(21)33-14-34-30/h6-14H,1-5H3,(H,32,35). The topological polar surface area (TPSA) is 135 Å². The molecule has 11 nitrogen and oxygen atoms in total. The number of amides is 1. The van der Waals surface area contributed by atoms with Crippen LogP contribution in [-0.2, 0) is 0 Å². The first-order valence-corrected chi connectivity index (χ1v) is 12.9. The van der Waals surface area contributed by atoms with E-state index in [0.29, 0.717) is 73.1 Å². The quantitative estimate of drug-likeness (QED) is 0.177. The maximum absolute atomic E-state index is 13.3. The lowest BCUT2D eigenvalue weighted by Gasteiger charge is -2.11. The Kier molecular flexibility index (Phi) is 6.62. The average molecular weight is 568 g/mol. The summed E-state index contributed by atoms with van der Waals surface area (Å²) in [6.45, 7) is 3.39. The number of nitrogens with zero attached hydrogens (tertiary/aromatic N) is 2. The minimum Gasteiger partial charge on any atom is -0.493 e. The van der Waals surface area contributed by atoms with Gasteiger partial charge in [0.2, 0.25) is 5.88 Å². The normalized spacial score (nSPS) is 11.2. The number of furan rings is 2. The van der Waals surface area contributed by atoms with E-state index in [-0.39, 0.29) is 17.2 Å². The molecule has 0 saturated heterocycles. The number of nitrogens with one attached hydrogen (secondary N) is 1. The molecule has 0 aliphatic carbocycles. The zero-order chi connectivity index (χ0) is 29.5. The van der Waals surface area contributed by atoms with Crippen LogP contribution in [0.1, 0.15) is 32.2 Å². The molecule has 0 radical (unpaired) electrons. The fraction of sp³-hybridized carbons (Fsp3) is 0.161. The van der Waals surface area contributed by atoms with E-state index in [1.54, 1.807) is 83.6 Å². The molecule has 6 rings (SSSR count). The van der Waals surface area contributed by atoms with Crippen LogP contribution in [0.3, 0.4) is 0 Å². The van der Waals surface area contributed by atoms with E-state index in [0.717, 1.165) is 0 Å². The van der Waals surface area contributed by atoms with Gasteiger partial charge < -0.3 is 33.1 Å². The minimum atomic E-state index is -0.600. The van der Waals surface area contributed by atoms with Crippen LogP contribution in [-0.4, -0.2) is 43.1 Å². The zero-order valence-electron chi connectivity index (χ0n) is 23.4. The first kappa shape index (κ1) is 26.6. The Balaban J connectivity index is 1.28. The Morgan fingerprint density at radius 2 is 1.38 bits per heavy atom. The molecular formula is C31H25N3O8. The molecule has 6 aromatic rings. The molecule has 212 valence electrons. The van der Waals surface area contributed by atoms with Crippen molar-refractivity contribution in [1.82, 2.24) is 15.3 Å². The number of methoxy groups -OCH3 is 2. The van der Waals surface area contributed by atoms with Gasteiger partial charge in [0.15, 0.2) is 11.5 Å². The van der Waals surface area contributed by atoms with Crippen molar-refractivity contribution in [3.63, 3.8) is 0 Å². The van der Waals surface area contributed by atoms with Gasteiger partial charge >= 0.3 is 5.97 Å². The van der Waals surface area contributed by atoms with Gasteiger partial charge in [-0.05, 0) is 44.2 Å². The number of aryl methyl sites for hydroxylation is 2. The Morgan fingerprint density at radius 3 is 2.07 bits per heavy atom. The first-order valence-electron chi connectivity index (χ1n) is 12.9. The first-order chi connectivity index (χ1) is 20.3. The summed E-state index contributed by atoms with van der Waals surface area (Å²) < 4.78 is 34.2. The third-order valence-electron chi connectivity index (χ3n) is 6.86. The van der Waals surface area contributed by atoms with Crippen molar-refractivity contribution in [3.05, 3.63) is 77.5 Å². The van der Waals surface area contributed by atoms with Crippen molar-refractivity contribution in [1.29, 1.82) is 0 Å². The molecule has 0 saturated carbocycles. The van der Waals surface area contributed by atoms with Crippen LogP contribution in [0, 0.1) is 13.8 Å². The highest BCUT2D eigenvalue weighted by molar-refractivity contribution is 6.08. The number of carbonyl (C=O) groups excluding carboxylic acids is 2. The van der Waals surface area contributed by atoms with Crippen LogP contribution >= 0.6 is 0 Å². The van der Waals surface area contributed by atoms with Gasteiger partial charge in [-0.15, -0.1) is 0 Å². The molecule has 0 aliphatic rings. The van der Waals surface area contributed by atoms with Crippen molar-refractivity contribution >= 4 is 44.7 Å². The smallest absolute Gasteiger partial charge is 0.347 e. The fourth-order valence-electron chi connectivity index (χ4n) is 4.90. The number of ether oxygens (including phenoxy) is 4. The maximum atomic E-state index is 13.3. The second kappa shape index (κ2) is 10.4. The number of carbonyl (C=O) groups is 2. The molecule has 11 heteroatoms. The van der Waals surface area contributed by atoms with Gasteiger partial charge in [0, 0.05) is 36.0 Å². The number of fused-ring (bicyclic) bond motifs is 3. The number of benzene rings is 3. The number of hydrogen-bond donors (Lipinski definition) is 1. The average Bonchev–Trinajstić information content (AvgIpc) is 3.50. The Hall–Kier alpha value is -5.58.